The van der Waals surface area contributed by atoms with Crippen molar-refractivity contribution in [1.82, 2.24) is 0 Å². The van der Waals surface area contributed by atoms with Crippen LogP contribution in [-0.4, -0.2) is 18.3 Å². The van der Waals surface area contributed by atoms with Crippen LogP contribution in [-0.2, 0) is 0 Å². The van der Waals surface area contributed by atoms with Crippen LogP contribution < -0.4 is 9.47 Å². The molecule has 112 valence electrons. The summed E-state index contributed by atoms with van der Waals surface area (Å²) in [6.07, 6.45) is -0.989. The fourth-order valence-corrected chi connectivity index (χ4v) is 2.24. The van der Waals surface area contributed by atoms with Gasteiger partial charge in [-0.05, 0) is 23.6 Å². The summed E-state index contributed by atoms with van der Waals surface area (Å²) < 4.78 is 11.2. The monoisotopic (exact) mass is 286 g/mol. The predicted octanol–water partition coefficient (Wildman–Crippen LogP) is 3.83. The maximum Gasteiger partial charge on any atom is 0.131 e. The van der Waals surface area contributed by atoms with E-state index in [1.807, 2.05) is 68.4 Å². The van der Waals surface area contributed by atoms with Gasteiger partial charge in [-0.2, -0.15) is 0 Å². The second-order valence-corrected chi connectivity index (χ2v) is 5.36. The molecular weight excluding hydrogens is 264 g/mol. The van der Waals surface area contributed by atoms with Crippen molar-refractivity contribution in [3.63, 3.8) is 0 Å². The van der Waals surface area contributed by atoms with Gasteiger partial charge in [0.1, 0.15) is 23.7 Å². The first-order chi connectivity index (χ1) is 10.1. The molecule has 3 nitrogen and oxygen atoms in total. The van der Waals surface area contributed by atoms with Crippen molar-refractivity contribution < 1.29 is 14.6 Å². The molecule has 2 aromatic carbocycles. The van der Waals surface area contributed by atoms with Crippen LogP contribution in [0.1, 0.15) is 25.5 Å². The highest BCUT2D eigenvalue weighted by Gasteiger charge is 2.26. The Morgan fingerprint density at radius 3 is 2.19 bits per heavy atom. The molecule has 0 aliphatic rings. The van der Waals surface area contributed by atoms with E-state index in [2.05, 4.69) is 0 Å². The van der Waals surface area contributed by atoms with Gasteiger partial charge in [0, 0.05) is 6.07 Å². The molecule has 0 saturated heterocycles. The SMILES string of the molecule is COc1cccc(OC(C(C)C)C(O)c2ccccc2)c1. The van der Waals surface area contributed by atoms with E-state index in [1.165, 1.54) is 0 Å². The van der Waals surface area contributed by atoms with E-state index in [9.17, 15) is 5.11 Å². The Kier molecular flexibility index (Phi) is 5.23. The summed E-state index contributed by atoms with van der Waals surface area (Å²) in [5.74, 6) is 1.61. The summed E-state index contributed by atoms with van der Waals surface area (Å²) >= 11 is 0. The molecule has 0 aromatic heterocycles. The smallest absolute Gasteiger partial charge is 0.131 e. The molecule has 0 spiro atoms. The van der Waals surface area contributed by atoms with Crippen LogP contribution in [0.15, 0.2) is 54.6 Å². The summed E-state index contributed by atoms with van der Waals surface area (Å²) in [4.78, 5) is 0. The van der Waals surface area contributed by atoms with Crippen molar-refractivity contribution in [1.29, 1.82) is 0 Å². The third-order valence-electron chi connectivity index (χ3n) is 3.42. The van der Waals surface area contributed by atoms with E-state index in [-0.39, 0.29) is 12.0 Å². The minimum absolute atomic E-state index is 0.173. The minimum atomic E-state index is -0.669. The molecule has 0 fully saturated rings. The molecule has 0 aliphatic carbocycles. The number of aliphatic hydroxyl groups excluding tert-OH is 1. The van der Waals surface area contributed by atoms with Gasteiger partial charge < -0.3 is 14.6 Å². The maximum atomic E-state index is 10.6. The number of rotatable bonds is 6. The summed E-state index contributed by atoms with van der Waals surface area (Å²) in [6, 6.07) is 17.0. The lowest BCUT2D eigenvalue weighted by Gasteiger charge is -2.27. The highest BCUT2D eigenvalue weighted by atomic mass is 16.5. The summed E-state index contributed by atoms with van der Waals surface area (Å²) in [5.41, 5.74) is 0.860. The van der Waals surface area contributed by atoms with E-state index in [0.717, 1.165) is 11.3 Å². The molecule has 1 N–H and O–H groups in total. The third-order valence-corrected chi connectivity index (χ3v) is 3.42. The molecule has 0 amide bonds. The van der Waals surface area contributed by atoms with Crippen LogP contribution in [0.2, 0.25) is 0 Å². The van der Waals surface area contributed by atoms with Crippen LogP contribution in [0.5, 0.6) is 11.5 Å². The van der Waals surface area contributed by atoms with Gasteiger partial charge in [0.25, 0.3) is 0 Å². The first-order valence-corrected chi connectivity index (χ1v) is 7.15. The Morgan fingerprint density at radius 1 is 0.905 bits per heavy atom. The number of benzene rings is 2. The zero-order valence-electron chi connectivity index (χ0n) is 12.7. The van der Waals surface area contributed by atoms with E-state index >= 15 is 0 Å². The molecule has 2 aromatic rings. The second kappa shape index (κ2) is 7.14. The largest absolute Gasteiger partial charge is 0.497 e. The first-order valence-electron chi connectivity index (χ1n) is 7.15. The lowest BCUT2D eigenvalue weighted by molar-refractivity contribution is 0.00778. The van der Waals surface area contributed by atoms with Crippen molar-refractivity contribution >= 4 is 0 Å². The molecule has 0 heterocycles. The highest BCUT2D eigenvalue weighted by Crippen LogP contribution is 2.28. The number of ether oxygens (including phenoxy) is 2. The number of hydrogen-bond donors (Lipinski definition) is 1. The Bertz CT molecular complexity index is 551. The second-order valence-electron chi connectivity index (χ2n) is 5.36. The Hall–Kier alpha value is -2.00. The van der Waals surface area contributed by atoms with E-state index in [0.29, 0.717) is 5.75 Å². The minimum Gasteiger partial charge on any atom is -0.497 e. The average Bonchev–Trinajstić information content (AvgIpc) is 2.52. The van der Waals surface area contributed by atoms with Gasteiger partial charge in [-0.25, -0.2) is 0 Å². The topological polar surface area (TPSA) is 38.7 Å². The van der Waals surface area contributed by atoms with Crippen LogP contribution in [0, 0.1) is 5.92 Å². The Labute approximate surface area is 126 Å². The quantitative estimate of drug-likeness (QED) is 0.877. The molecule has 2 rings (SSSR count). The molecule has 0 aliphatic heterocycles. The fraction of sp³-hybridized carbons (Fsp3) is 0.333. The molecule has 0 radical (unpaired) electrons. The van der Waals surface area contributed by atoms with Gasteiger partial charge in [0.15, 0.2) is 0 Å². The van der Waals surface area contributed by atoms with Crippen LogP contribution in [0.3, 0.4) is 0 Å². The van der Waals surface area contributed by atoms with Crippen molar-refractivity contribution in [3.05, 3.63) is 60.2 Å². The van der Waals surface area contributed by atoms with E-state index < -0.39 is 6.10 Å². The average molecular weight is 286 g/mol. The Balaban J connectivity index is 2.19. The maximum absolute atomic E-state index is 10.6. The number of aliphatic hydroxyl groups is 1. The van der Waals surface area contributed by atoms with Crippen LogP contribution in [0.25, 0.3) is 0 Å². The molecular formula is C18H22O3. The molecule has 2 unspecified atom stereocenters. The van der Waals surface area contributed by atoms with Gasteiger partial charge in [0.2, 0.25) is 0 Å². The van der Waals surface area contributed by atoms with Crippen molar-refractivity contribution in [3.8, 4) is 11.5 Å². The molecule has 2 atom stereocenters. The zero-order valence-corrected chi connectivity index (χ0v) is 12.7. The van der Waals surface area contributed by atoms with E-state index in [4.69, 9.17) is 9.47 Å². The van der Waals surface area contributed by atoms with Gasteiger partial charge >= 0.3 is 0 Å². The molecule has 21 heavy (non-hydrogen) atoms. The lowest BCUT2D eigenvalue weighted by Crippen LogP contribution is -2.30. The zero-order chi connectivity index (χ0) is 15.2. The number of hydrogen-bond acceptors (Lipinski definition) is 3. The van der Waals surface area contributed by atoms with Crippen molar-refractivity contribution in [2.24, 2.45) is 5.92 Å². The van der Waals surface area contributed by atoms with Gasteiger partial charge in [0.05, 0.1) is 7.11 Å². The number of methoxy groups -OCH3 is 1. The van der Waals surface area contributed by atoms with Crippen molar-refractivity contribution in [2.45, 2.75) is 26.1 Å². The first kappa shape index (κ1) is 15.4. The normalized spacial score (nSPS) is 13.8. The van der Waals surface area contributed by atoms with Gasteiger partial charge in [-0.15, -0.1) is 0 Å². The van der Waals surface area contributed by atoms with E-state index in [1.54, 1.807) is 7.11 Å². The summed E-state index contributed by atoms with van der Waals surface area (Å²) in [6.45, 7) is 4.08. The molecule has 0 saturated carbocycles. The van der Waals surface area contributed by atoms with Crippen LogP contribution in [0.4, 0.5) is 0 Å². The standard InChI is InChI=1S/C18H22O3/c1-13(2)18(17(19)14-8-5-4-6-9-14)21-16-11-7-10-15(12-16)20-3/h4-13,17-19H,1-3H3. The fourth-order valence-electron chi connectivity index (χ4n) is 2.24. The van der Waals surface area contributed by atoms with Crippen LogP contribution >= 0.6 is 0 Å². The molecule has 3 heteroatoms. The third kappa shape index (κ3) is 3.99. The lowest BCUT2D eigenvalue weighted by atomic mass is 9.96. The predicted molar refractivity (Wildman–Crippen MR) is 83.6 cm³/mol. The van der Waals surface area contributed by atoms with Gasteiger partial charge in [-0.3, -0.25) is 0 Å². The van der Waals surface area contributed by atoms with Crippen molar-refractivity contribution in [2.75, 3.05) is 7.11 Å². The summed E-state index contributed by atoms with van der Waals surface area (Å²) in [7, 11) is 1.62. The molecule has 0 bridgehead atoms. The summed E-state index contributed by atoms with van der Waals surface area (Å²) in [5, 5.41) is 10.6. The van der Waals surface area contributed by atoms with Gasteiger partial charge in [-0.1, -0.05) is 50.2 Å². The highest BCUT2D eigenvalue weighted by molar-refractivity contribution is 5.33. The Morgan fingerprint density at radius 2 is 1.57 bits per heavy atom.